The van der Waals surface area contributed by atoms with Crippen LogP contribution in [0.1, 0.15) is 28.9 Å². The second kappa shape index (κ2) is 4.33. The number of nitrogens with two attached hydrogens (primary N) is 1. The normalized spacial score (nSPS) is 17.9. The number of hydrogen-bond acceptors (Lipinski definition) is 4. The quantitative estimate of drug-likeness (QED) is 0.832. The van der Waals surface area contributed by atoms with E-state index in [9.17, 15) is 0 Å². The van der Waals surface area contributed by atoms with Crippen molar-refractivity contribution in [2.45, 2.75) is 26.3 Å². The molecule has 4 heteroatoms. The van der Waals surface area contributed by atoms with Crippen molar-refractivity contribution < 1.29 is 0 Å². The highest BCUT2D eigenvalue weighted by Gasteiger charge is 2.18. The van der Waals surface area contributed by atoms with Crippen molar-refractivity contribution in [2.75, 3.05) is 13.6 Å². The fourth-order valence-electron chi connectivity index (χ4n) is 1.75. The summed E-state index contributed by atoms with van der Waals surface area (Å²) < 4.78 is 0. The maximum atomic E-state index is 5.95. The Bertz CT molecular complexity index is 381. The highest BCUT2D eigenvalue weighted by atomic mass is 32.1. The summed E-state index contributed by atoms with van der Waals surface area (Å²) in [6, 6.07) is 0. The Hall–Kier alpha value is -0.870. The number of aromatic nitrogens is 1. The van der Waals surface area contributed by atoms with Crippen LogP contribution in [0.3, 0.4) is 0 Å². The van der Waals surface area contributed by atoms with E-state index in [1.807, 2.05) is 6.08 Å². The van der Waals surface area contributed by atoms with Crippen LogP contribution in [0.2, 0.25) is 0 Å². The largest absolute Gasteiger partial charge is 0.397 e. The number of allylic oxidation sites excluding steroid dienone is 1. The van der Waals surface area contributed by atoms with Crippen molar-refractivity contribution in [3.05, 3.63) is 21.7 Å². The minimum Gasteiger partial charge on any atom is -0.397 e. The lowest BCUT2D eigenvalue weighted by molar-refractivity contribution is 0.314. The topological polar surface area (TPSA) is 42.1 Å². The summed E-state index contributed by atoms with van der Waals surface area (Å²) in [5, 5.41) is 0.997. The third-order valence-corrected chi connectivity index (χ3v) is 3.72. The maximum absolute atomic E-state index is 5.95. The van der Waals surface area contributed by atoms with Crippen LogP contribution in [0.15, 0.2) is 6.08 Å². The van der Waals surface area contributed by atoms with Crippen LogP contribution in [0.5, 0.6) is 0 Å². The van der Waals surface area contributed by atoms with E-state index in [4.69, 9.17) is 5.73 Å². The monoisotopic (exact) mass is 223 g/mol. The van der Waals surface area contributed by atoms with Crippen molar-refractivity contribution in [2.24, 2.45) is 5.73 Å². The van der Waals surface area contributed by atoms with Gasteiger partial charge in [-0.15, -0.1) is 11.3 Å². The molecule has 1 aliphatic rings. The van der Waals surface area contributed by atoms with Gasteiger partial charge >= 0.3 is 0 Å². The lowest BCUT2D eigenvalue weighted by atomic mass is 10.2. The molecule has 2 heterocycles. The van der Waals surface area contributed by atoms with Crippen molar-refractivity contribution in [3.63, 3.8) is 0 Å². The van der Waals surface area contributed by atoms with Crippen molar-refractivity contribution in [1.82, 2.24) is 9.88 Å². The number of rotatable bonds is 2. The molecule has 2 rings (SSSR count). The molecule has 0 unspecified atom stereocenters. The van der Waals surface area contributed by atoms with E-state index in [0.717, 1.165) is 36.6 Å². The van der Waals surface area contributed by atoms with Crippen LogP contribution in [-0.4, -0.2) is 23.5 Å². The van der Waals surface area contributed by atoms with Gasteiger partial charge in [-0.3, -0.25) is 0 Å². The third-order valence-electron chi connectivity index (χ3n) is 2.59. The Kier molecular flexibility index (Phi) is 3.07. The first-order valence-electron chi connectivity index (χ1n) is 5.33. The lowest BCUT2D eigenvalue weighted by Crippen LogP contribution is -2.25. The van der Waals surface area contributed by atoms with Gasteiger partial charge in [0.25, 0.3) is 0 Å². The van der Waals surface area contributed by atoms with Crippen molar-refractivity contribution >= 4 is 17.0 Å². The molecular weight excluding hydrogens is 206 g/mol. The molecule has 0 saturated heterocycles. The molecule has 1 aromatic rings. The van der Waals surface area contributed by atoms with Crippen LogP contribution in [0, 0.1) is 0 Å². The third kappa shape index (κ3) is 2.21. The molecule has 0 aromatic carbocycles. The summed E-state index contributed by atoms with van der Waals surface area (Å²) in [4.78, 5) is 8.31. The molecule has 0 spiro atoms. The molecule has 3 nitrogen and oxygen atoms in total. The van der Waals surface area contributed by atoms with Gasteiger partial charge in [0.15, 0.2) is 0 Å². The molecule has 2 N–H and O–H groups in total. The summed E-state index contributed by atoms with van der Waals surface area (Å²) in [6.07, 6.45) is 4.06. The highest BCUT2D eigenvalue weighted by Crippen LogP contribution is 2.26. The molecular formula is C11H17N3S. The summed E-state index contributed by atoms with van der Waals surface area (Å²) in [6.45, 7) is 4.22. The van der Waals surface area contributed by atoms with Gasteiger partial charge in [0.1, 0.15) is 5.01 Å². The number of nitrogens with zero attached hydrogens (tertiary/aromatic N) is 2. The molecule has 0 amide bonds. The zero-order valence-electron chi connectivity index (χ0n) is 9.29. The Morgan fingerprint density at radius 1 is 1.67 bits per heavy atom. The number of thiazole rings is 1. The van der Waals surface area contributed by atoms with Crippen LogP contribution < -0.4 is 5.73 Å². The summed E-state index contributed by atoms with van der Waals surface area (Å²) in [5.41, 5.74) is 8.03. The van der Waals surface area contributed by atoms with Gasteiger partial charge < -0.3 is 10.6 Å². The molecule has 0 radical (unpaired) electrons. The van der Waals surface area contributed by atoms with Crippen molar-refractivity contribution in [3.8, 4) is 0 Å². The first kappa shape index (κ1) is 10.6. The van der Waals surface area contributed by atoms with E-state index in [-0.39, 0.29) is 0 Å². The van der Waals surface area contributed by atoms with E-state index in [1.54, 1.807) is 11.3 Å². The van der Waals surface area contributed by atoms with E-state index in [2.05, 4.69) is 23.9 Å². The van der Waals surface area contributed by atoms with Crippen LogP contribution in [0.25, 0.3) is 5.70 Å². The number of hydrogen-bond donors (Lipinski definition) is 1. The minimum atomic E-state index is 0.833. The van der Waals surface area contributed by atoms with Gasteiger partial charge in [-0.1, -0.05) is 13.0 Å². The van der Waals surface area contributed by atoms with E-state index >= 15 is 0 Å². The summed E-state index contributed by atoms with van der Waals surface area (Å²) in [5.74, 6) is 0. The zero-order chi connectivity index (χ0) is 10.8. The van der Waals surface area contributed by atoms with Gasteiger partial charge in [-0.05, 0) is 13.5 Å². The van der Waals surface area contributed by atoms with Gasteiger partial charge in [-0.2, -0.15) is 0 Å². The smallest absolute Gasteiger partial charge is 0.139 e. The Morgan fingerprint density at radius 2 is 2.47 bits per heavy atom. The average molecular weight is 223 g/mol. The Morgan fingerprint density at radius 3 is 3.20 bits per heavy atom. The molecule has 1 aromatic heterocycles. The van der Waals surface area contributed by atoms with Crippen LogP contribution >= 0.6 is 11.3 Å². The van der Waals surface area contributed by atoms with E-state index in [0.29, 0.717) is 0 Å². The van der Waals surface area contributed by atoms with Gasteiger partial charge in [0.05, 0.1) is 11.4 Å². The Labute approximate surface area is 94.6 Å². The number of fused-ring (bicyclic) bond motifs is 1. The standard InChI is InChI=1S/C11H17N3S/c1-3-4-8(12)11-13-9-5-6-14(2)7-10(9)15-11/h4H,3,5-7,12H2,1-2H3/b8-4+. The highest BCUT2D eigenvalue weighted by molar-refractivity contribution is 7.12. The van der Waals surface area contributed by atoms with Crippen molar-refractivity contribution in [1.29, 1.82) is 0 Å². The molecule has 0 saturated carbocycles. The average Bonchev–Trinajstić information content (AvgIpc) is 2.60. The fourth-order valence-corrected chi connectivity index (χ4v) is 2.89. The van der Waals surface area contributed by atoms with Gasteiger partial charge in [-0.25, -0.2) is 4.98 Å². The zero-order valence-corrected chi connectivity index (χ0v) is 10.1. The molecule has 0 aliphatic carbocycles. The van der Waals surface area contributed by atoms with Crippen LogP contribution in [-0.2, 0) is 13.0 Å². The van der Waals surface area contributed by atoms with Crippen LogP contribution in [0.4, 0.5) is 0 Å². The van der Waals surface area contributed by atoms with E-state index in [1.165, 1.54) is 10.6 Å². The maximum Gasteiger partial charge on any atom is 0.139 e. The van der Waals surface area contributed by atoms with Gasteiger partial charge in [0, 0.05) is 24.4 Å². The number of likely N-dealkylation sites (N-methyl/N-ethyl adjacent to an activating group) is 1. The predicted octanol–water partition coefficient (Wildman–Crippen LogP) is 1.84. The second-order valence-electron chi connectivity index (χ2n) is 3.94. The molecule has 82 valence electrons. The predicted molar refractivity (Wildman–Crippen MR) is 64.6 cm³/mol. The molecule has 15 heavy (non-hydrogen) atoms. The lowest BCUT2D eigenvalue weighted by Gasteiger charge is -2.20. The van der Waals surface area contributed by atoms with E-state index < -0.39 is 0 Å². The molecule has 0 fully saturated rings. The fraction of sp³-hybridized carbons (Fsp3) is 0.545. The molecule has 1 aliphatic heterocycles. The molecule has 0 bridgehead atoms. The second-order valence-corrected chi connectivity index (χ2v) is 5.03. The minimum absolute atomic E-state index is 0.833. The first-order valence-corrected chi connectivity index (χ1v) is 6.15. The SMILES string of the molecule is CC/C=C(/N)c1nc2c(s1)CN(C)CC2. The summed E-state index contributed by atoms with van der Waals surface area (Å²) in [7, 11) is 2.15. The first-order chi connectivity index (χ1) is 7.20. The summed E-state index contributed by atoms with van der Waals surface area (Å²) >= 11 is 1.74. The molecule has 0 atom stereocenters. The Balaban J connectivity index is 2.26. The van der Waals surface area contributed by atoms with Gasteiger partial charge in [0.2, 0.25) is 0 Å².